The van der Waals surface area contributed by atoms with Gasteiger partial charge in [0.25, 0.3) is 5.91 Å². The lowest BCUT2D eigenvalue weighted by atomic mass is 9.87. The first kappa shape index (κ1) is 13.9. The fourth-order valence-electron chi connectivity index (χ4n) is 2.85. The molecule has 2 aliphatic heterocycles. The summed E-state index contributed by atoms with van der Waals surface area (Å²) in [5.74, 6) is -0.243. The van der Waals surface area contributed by atoms with Crippen molar-refractivity contribution in [3.63, 3.8) is 0 Å². The summed E-state index contributed by atoms with van der Waals surface area (Å²) >= 11 is 0. The molecular formula is C14H17N3O4. The molecule has 0 aromatic carbocycles. The number of nitrogens with zero attached hydrogens (tertiary/aromatic N) is 3. The SMILES string of the molecule is COc1ncc(C(=O)N2CC[C@@]3(CCCO3)C(=O)C2)cn1. The number of rotatable bonds is 2. The standard InChI is InChI=1S/C14H17N3O4/c1-20-13-15-7-10(8-16-13)12(19)17-5-4-14(11(18)9-17)3-2-6-21-14/h7-8H,2-6,9H2,1H3/t14-/m0/s1. The Morgan fingerprint density at radius 2 is 2.14 bits per heavy atom. The average Bonchev–Trinajstić information content (AvgIpc) is 2.99. The smallest absolute Gasteiger partial charge is 0.316 e. The molecule has 0 bridgehead atoms. The van der Waals surface area contributed by atoms with E-state index >= 15 is 0 Å². The van der Waals surface area contributed by atoms with Crippen molar-refractivity contribution in [2.75, 3.05) is 26.8 Å². The Balaban J connectivity index is 1.70. The fraction of sp³-hybridized carbons (Fsp3) is 0.571. The Kier molecular flexibility index (Phi) is 3.59. The van der Waals surface area contributed by atoms with Crippen LogP contribution in [0.4, 0.5) is 0 Å². The minimum Gasteiger partial charge on any atom is -0.467 e. The van der Waals surface area contributed by atoms with E-state index in [1.54, 1.807) is 0 Å². The maximum absolute atomic E-state index is 12.4. The van der Waals surface area contributed by atoms with Gasteiger partial charge in [-0.1, -0.05) is 0 Å². The van der Waals surface area contributed by atoms with Crippen LogP contribution in [0.15, 0.2) is 12.4 Å². The van der Waals surface area contributed by atoms with Crippen molar-refractivity contribution < 1.29 is 19.1 Å². The number of likely N-dealkylation sites (tertiary alicyclic amines) is 1. The van der Waals surface area contributed by atoms with Crippen molar-refractivity contribution in [2.45, 2.75) is 24.9 Å². The number of hydrogen-bond donors (Lipinski definition) is 0. The second-order valence-corrected chi connectivity index (χ2v) is 5.30. The molecule has 0 aliphatic carbocycles. The molecule has 2 saturated heterocycles. The molecule has 3 rings (SSSR count). The zero-order valence-corrected chi connectivity index (χ0v) is 11.9. The van der Waals surface area contributed by atoms with Gasteiger partial charge in [0.15, 0.2) is 5.78 Å². The van der Waals surface area contributed by atoms with Gasteiger partial charge in [-0.3, -0.25) is 9.59 Å². The molecule has 1 aromatic rings. The zero-order chi connectivity index (χ0) is 14.9. The van der Waals surface area contributed by atoms with Crippen LogP contribution in [0.1, 0.15) is 29.6 Å². The predicted molar refractivity (Wildman–Crippen MR) is 72.0 cm³/mol. The molecule has 21 heavy (non-hydrogen) atoms. The van der Waals surface area contributed by atoms with Crippen molar-refractivity contribution in [1.82, 2.24) is 14.9 Å². The lowest BCUT2D eigenvalue weighted by Gasteiger charge is -2.37. The quantitative estimate of drug-likeness (QED) is 0.787. The van der Waals surface area contributed by atoms with Gasteiger partial charge in [0.2, 0.25) is 0 Å². The second-order valence-electron chi connectivity index (χ2n) is 5.30. The van der Waals surface area contributed by atoms with E-state index in [2.05, 4.69) is 9.97 Å². The fourth-order valence-corrected chi connectivity index (χ4v) is 2.85. The molecule has 7 nitrogen and oxygen atoms in total. The molecule has 112 valence electrons. The zero-order valence-electron chi connectivity index (χ0n) is 11.9. The van der Waals surface area contributed by atoms with E-state index in [1.807, 2.05) is 0 Å². The Morgan fingerprint density at radius 3 is 2.71 bits per heavy atom. The summed E-state index contributed by atoms with van der Waals surface area (Å²) in [6, 6.07) is 0.208. The third kappa shape index (κ3) is 2.49. The highest BCUT2D eigenvalue weighted by Crippen LogP contribution is 2.33. The Hall–Kier alpha value is -2.02. The van der Waals surface area contributed by atoms with Gasteiger partial charge in [-0.05, 0) is 12.8 Å². The van der Waals surface area contributed by atoms with Gasteiger partial charge >= 0.3 is 6.01 Å². The van der Waals surface area contributed by atoms with E-state index in [1.165, 1.54) is 24.4 Å². The monoisotopic (exact) mass is 291 g/mol. The highest BCUT2D eigenvalue weighted by atomic mass is 16.5. The van der Waals surface area contributed by atoms with E-state index in [-0.39, 0.29) is 24.2 Å². The number of ether oxygens (including phenoxy) is 2. The van der Waals surface area contributed by atoms with Gasteiger partial charge in [0.1, 0.15) is 5.60 Å². The van der Waals surface area contributed by atoms with E-state index < -0.39 is 5.60 Å². The second kappa shape index (κ2) is 5.40. The van der Waals surface area contributed by atoms with Crippen molar-refractivity contribution in [3.05, 3.63) is 18.0 Å². The summed E-state index contributed by atoms with van der Waals surface area (Å²) in [5.41, 5.74) is -0.292. The van der Waals surface area contributed by atoms with Gasteiger partial charge in [0.05, 0.1) is 19.2 Å². The van der Waals surface area contributed by atoms with Crippen LogP contribution in [0.5, 0.6) is 6.01 Å². The topological polar surface area (TPSA) is 81.6 Å². The minimum atomic E-state index is -0.646. The number of carbonyl (C=O) groups is 2. The van der Waals surface area contributed by atoms with Crippen LogP contribution >= 0.6 is 0 Å². The molecule has 0 N–H and O–H groups in total. The van der Waals surface area contributed by atoms with E-state index in [0.29, 0.717) is 25.1 Å². The summed E-state index contributed by atoms with van der Waals surface area (Å²) in [6.45, 7) is 1.23. The molecule has 1 atom stereocenters. The van der Waals surface area contributed by atoms with Crippen LogP contribution in [-0.2, 0) is 9.53 Å². The number of ketones is 1. The molecule has 0 unspecified atom stereocenters. The van der Waals surface area contributed by atoms with Crippen molar-refractivity contribution >= 4 is 11.7 Å². The number of amides is 1. The van der Waals surface area contributed by atoms with Crippen LogP contribution in [-0.4, -0.2) is 59.0 Å². The molecule has 3 heterocycles. The molecule has 7 heteroatoms. The lowest BCUT2D eigenvalue weighted by Crippen LogP contribution is -2.53. The number of piperidine rings is 1. The van der Waals surface area contributed by atoms with Crippen LogP contribution < -0.4 is 4.74 Å². The highest BCUT2D eigenvalue weighted by Gasteiger charge is 2.46. The summed E-state index contributed by atoms with van der Waals surface area (Å²) < 4.78 is 10.5. The van der Waals surface area contributed by atoms with E-state index in [0.717, 1.165) is 12.8 Å². The molecule has 1 aromatic heterocycles. The van der Waals surface area contributed by atoms with Crippen molar-refractivity contribution in [1.29, 1.82) is 0 Å². The Labute approximate surface area is 122 Å². The summed E-state index contributed by atoms with van der Waals surface area (Å²) in [6.07, 6.45) is 5.06. The van der Waals surface area contributed by atoms with Crippen molar-refractivity contribution in [2.24, 2.45) is 0 Å². The molecular weight excluding hydrogens is 274 g/mol. The summed E-state index contributed by atoms with van der Waals surface area (Å²) in [7, 11) is 1.46. The first-order chi connectivity index (χ1) is 10.1. The molecule has 0 radical (unpaired) electrons. The van der Waals surface area contributed by atoms with Gasteiger partial charge in [-0.2, -0.15) is 0 Å². The number of aromatic nitrogens is 2. The number of hydrogen-bond acceptors (Lipinski definition) is 6. The molecule has 2 aliphatic rings. The van der Waals surface area contributed by atoms with Gasteiger partial charge in [-0.25, -0.2) is 9.97 Å². The third-order valence-electron chi connectivity index (χ3n) is 4.08. The maximum atomic E-state index is 12.4. The molecule has 1 spiro atoms. The third-order valence-corrected chi connectivity index (χ3v) is 4.08. The van der Waals surface area contributed by atoms with E-state index in [4.69, 9.17) is 9.47 Å². The lowest BCUT2D eigenvalue weighted by molar-refractivity contribution is -0.144. The Morgan fingerprint density at radius 1 is 1.38 bits per heavy atom. The molecule has 0 saturated carbocycles. The number of methoxy groups -OCH3 is 1. The largest absolute Gasteiger partial charge is 0.467 e. The van der Waals surface area contributed by atoms with Crippen LogP contribution in [0.3, 0.4) is 0 Å². The summed E-state index contributed by atoms with van der Waals surface area (Å²) in [5, 5.41) is 0. The Bertz CT molecular complexity index is 552. The molecule has 1 amide bonds. The van der Waals surface area contributed by atoms with E-state index in [9.17, 15) is 9.59 Å². The van der Waals surface area contributed by atoms with Crippen LogP contribution in [0.2, 0.25) is 0 Å². The normalized spacial score (nSPS) is 25.4. The van der Waals surface area contributed by atoms with Gasteiger partial charge in [0, 0.05) is 32.0 Å². The average molecular weight is 291 g/mol. The minimum absolute atomic E-state index is 0.00553. The summed E-state index contributed by atoms with van der Waals surface area (Å²) in [4.78, 5) is 34.0. The first-order valence-electron chi connectivity index (χ1n) is 6.97. The number of carbonyl (C=O) groups excluding carboxylic acids is 2. The van der Waals surface area contributed by atoms with Gasteiger partial charge in [-0.15, -0.1) is 0 Å². The van der Waals surface area contributed by atoms with Crippen LogP contribution in [0, 0.1) is 0 Å². The van der Waals surface area contributed by atoms with Crippen LogP contribution in [0.25, 0.3) is 0 Å². The number of Topliss-reactive ketones (excluding diaryl/α,β-unsaturated/α-hetero) is 1. The van der Waals surface area contributed by atoms with Gasteiger partial charge < -0.3 is 14.4 Å². The first-order valence-corrected chi connectivity index (χ1v) is 6.97. The van der Waals surface area contributed by atoms with Crippen molar-refractivity contribution in [3.8, 4) is 6.01 Å². The maximum Gasteiger partial charge on any atom is 0.316 e. The highest BCUT2D eigenvalue weighted by molar-refractivity contribution is 5.99. The molecule has 2 fully saturated rings. The predicted octanol–water partition coefficient (Wildman–Crippen LogP) is 0.449.